The van der Waals surface area contributed by atoms with Crippen LogP contribution in [0.15, 0.2) is 0 Å². The molecule has 0 saturated heterocycles. The minimum atomic E-state index is -0.462. The molecule has 1 N–H and O–H groups in total. The second kappa shape index (κ2) is 9.27. The van der Waals surface area contributed by atoms with Gasteiger partial charge in [-0.15, -0.1) is 0 Å². The van der Waals surface area contributed by atoms with E-state index in [1.807, 2.05) is 0 Å². The van der Waals surface area contributed by atoms with Crippen molar-refractivity contribution in [2.45, 2.75) is 77.4 Å². The van der Waals surface area contributed by atoms with Crippen LogP contribution < -0.4 is 0 Å². The van der Waals surface area contributed by atoms with Crippen molar-refractivity contribution in [3.63, 3.8) is 0 Å². The molecule has 3 fully saturated rings. The molecule has 166 valence electrons. The maximum absolute atomic E-state index is 12.9. The van der Waals surface area contributed by atoms with Crippen molar-refractivity contribution in [1.29, 1.82) is 0 Å². The molecular weight excluding hydrogens is 386 g/mol. The molecule has 3 rings (SSSR count). The summed E-state index contributed by atoms with van der Waals surface area (Å²) in [6, 6.07) is 0. The maximum atomic E-state index is 12.9. The molecule has 5 nitrogen and oxygen atoms in total. The van der Waals surface area contributed by atoms with E-state index in [0.717, 1.165) is 50.8 Å². The van der Waals surface area contributed by atoms with E-state index in [1.54, 1.807) is 11.8 Å². The van der Waals surface area contributed by atoms with Crippen LogP contribution in [0.25, 0.3) is 0 Å². The predicted octanol–water partition coefficient (Wildman–Crippen LogP) is 3.53. The highest BCUT2D eigenvalue weighted by Crippen LogP contribution is 2.59. The molecule has 0 amide bonds. The van der Waals surface area contributed by atoms with Crippen LogP contribution in [0.5, 0.6) is 0 Å². The Hall–Kier alpha value is -0.590. The highest BCUT2D eigenvalue weighted by Gasteiger charge is 2.58. The fraction of sp³-hybridized carbons (Fsp3) is 0.913. The smallest absolute Gasteiger partial charge is 0.316 e. The van der Waals surface area contributed by atoms with Crippen LogP contribution in [0.2, 0.25) is 0 Å². The molecule has 29 heavy (non-hydrogen) atoms. The van der Waals surface area contributed by atoms with E-state index in [9.17, 15) is 14.7 Å². The van der Waals surface area contributed by atoms with Crippen LogP contribution in [-0.2, 0) is 14.3 Å². The van der Waals surface area contributed by atoms with Gasteiger partial charge in [-0.25, -0.2) is 0 Å². The van der Waals surface area contributed by atoms with Gasteiger partial charge in [-0.3, -0.25) is 9.59 Å². The van der Waals surface area contributed by atoms with Gasteiger partial charge >= 0.3 is 5.97 Å². The number of aliphatic hydroxyl groups is 1. The molecule has 0 radical (unpaired) electrons. The fourth-order valence-corrected chi connectivity index (χ4v) is 6.74. The molecule has 0 spiro atoms. The molecule has 3 aliphatic carbocycles. The Balaban J connectivity index is 1.69. The lowest BCUT2D eigenvalue weighted by atomic mass is 9.55. The lowest BCUT2D eigenvalue weighted by molar-refractivity contribution is -0.166. The zero-order valence-corrected chi connectivity index (χ0v) is 19.4. The zero-order valence-electron chi connectivity index (χ0n) is 18.6. The van der Waals surface area contributed by atoms with Crippen molar-refractivity contribution in [3.05, 3.63) is 0 Å². The highest BCUT2D eigenvalue weighted by molar-refractivity contribution is 7.99. The van der Waals surface area contributed by atoms with Crippen LogP contribution in [0.1, 0.15) is 65.2 Å². The summed E-state index contributed by atoms with van der Waals surface area (Å²) in [4.78, 5) is 27.6. The second-order valence-electron chi connectivity index (χ2n) is 10.5. The average Bonchev–Trinajstić information content (AvgIpc) is 2.96. The number of carbonyl (C=O) groups is 2. The average molecular weight is 426 g/mol. The van der Waals surface area contributed by atoms with Gasteiger partial charge in [-0.05, 0) is 75.7 Å². The van der Waals surface area contributed by atoms with Gasteiger partial charge in [-0.1, -0.05) is 20.3 Å². The number of hydrogen-bond acceptors (Lipinski definition) is 6. The van der Waals surface area contributed by atoms with Crippen LogP contribution in [0, 0.1) is 22.7 Å². The molecule has 0 aromatic rings. The first-order valence-corrected chi connectivity index (χ1v) is 12.4. The van der Waals surface area contributed by atoms with Crippen molar-refractivity contribution in [3.8, 4) is 0 Å². The quantitative estimate of drug-likeness (QED) is 0.497. The summed E-state index contributed by atoms with van der Waals surface area (Å²) < 4.78 is 6.04. The molecule has 0 aromatic carbocycles. The van der Waals surface area contributed by atoms with Gasteiger partial charge < -0.3 is 14.7 Å². The lowest BCUT2D eigenvalue weighted by Gasteiger charge is -2.51. The summed E-state index contributed by atoms with van der Waals surface area (Å²) in [5.41, 5.74) is -0.397. The molecule has 3 aliphatic rings. The number of Topliss-reactive ketones (excluding diaryl/α,β-unsaturated/α-hetero) is 1. The Kier molecular flexibility index (Phi) is 7.38. The van der Waals surface area contributed by atoms with Gasteiger partial charge in [0.1, 0.15) is 11.9 Å². The van der Waals surface area contributed by atoms with Gasteiger partial charge in [0.05, 0.1) is 11.9 Å². The Morgan fingerprint density at radius 2 is 2.03 bits per heavy atom. The number of esters is 1. The van der Waals surface area contributed by atoms with E-state index in [0.29, 0.717) is 24.4 Å². The molecule has 3 saturated carbocycles. The van der Waals surface area contributed by atoms with E-state index >= 15 is 0 Å². The number of ketones is 1. The van der Waals surface area contributed by atoms with Gasteiger partial charge in [0, 0.05) is 18.3 Å². The van der Waals surface area contributed by atoms with Crippen molar-refractivity contribution >= 4 is 23.5 Å². The number of nitrogens with zero attached hydrogens (tertiary/aromatic N) is 1. The van der Waals surface area contributed by atoms with Crippen molar-refractivity contribution < 1.29 is 19.4 Å². The van der Waals surface area contributed by atoms with Crippen molar-refractivity contribution in [2.75, 3.05) is 32.1 Å². The summed E-state index contributed by atoms with van der Waals surface area (Å²) >= 11 is 1.63. The lowest BCUT2D eigenvalue weighted by Crippen LogP contribution is -2.52. The Morgan fingerprint density at radius 3 is 2.76 bits per heavy atom. The third-order valence-electron chi connectivity index (χ3n) is 7.62. The van der Waals surface area contributed by atoms with E-state index in [1.165, 1.54) is 0 Å². The van der Waals surface area contributed by atoms with Crippen molar-refractivity contribution in [1.82, 2.24) is 4.90 Å². The molecule has 2 bridgehead atoms. The molecule has 5 atom stereocenters. The van der Waals surface area contributed by atoms with E-state index in [2.05, 4.69) is 32.8 Å². The maximum Gasteiger partial charge on any atom is 0.316 e. The SMILES string of the molecule is CN(C)CCCSCC(=O)O[C@@H]1CC(C)(C)[C@@H](O)CC23CCCC1C2C(=O)CC3. The van der Waals surface area contributed by atoms with Gasteiger partial charge in [0.15, 0.2) is 0 Å². The van der Waals surface area contributed by atoms with Gasteiger partial charge in [0.25, 0.3) is 0 Å². The minimum Gasteiger partial charge on any atom is -0.461 e. The first kappa shape index (κ1) is 23.1. The number of hydrogen-bond donors (Lipinski definition) is 1. The van der Waals surface area contributed by atoms with E-state index < -0.39 is 6.10 Å². The van der Waals surface area contributed by atoms with E-state index in [4.69, 9.17) is 4.74 Å². The predicted molar refractivity (Wildman–Crippen MR) is 117 cm³/mol. The number of aliphatic hydroxyl groups excluding tert-OH is 1. The summed E-state index contributed by atoms with van der Waals surface area (Å²) in [7, 11) is 4.11. The zero-order chi connectivity index (χ0) is 21.2. The van der Waals surface area contributed by atoms with Crippen LogP contribution in [0.3, 0.4) is 0 Å². The van der Waals surface area contributed by atoms with Crippen LogP contribution in [0.4, 0.5) is 0 Å². The summed E-state index contributed by atoms with van der Waals surface area (Å²) in [5, 5.41) is 11.0. The Labute approximate surface area is 180 Å². The number of ether oxygens (including phenoxy) is 1. The van der Waals surface area contributed by atoms with E-state index in [-0.39, 0.29) is 34.7 Å². The molecule has 0 aromatic heterocycles. The Bertz CT molecular complexity index is 608. The van der Waals surface area contributed by atoms with Crippen molar-refractivity contribution in [2.24, 2.45) is 22.7 Å². The summed E-state index contributed by atoms with van der Waals surface area (Å²) in [5.74, 6) is 1.55. The molecule has 0 aliphatic heterocycles. The standard InChI is InChI=1S/C23H39NO4S/c1-22(2)13-18(28-20(27)15-29-12-6-11-24(3)4)16-7-5-9-23(14-19(22)26)10-8-17(25)21(16)23/h16,18-19,21,26H,5-15H2,1-4H3/t16?,18-,19+,21?,23?/m1/s1. The van der Waals surface area contributed by atoms with Crippen LogP contribution >= 0.6 is 11.8 Å². The molecule has 3 unspecified atom stereocenters. The first-order valence-electron chi connectivity index (χ1n) is 11.3. The monoisotopic (exact) mass is 425 g/mol. The third kappa shape index (κ3) is 5.19. The molecule has 6 heteroatoms. The normalized spacial score (nSPS) is 36.4. The Morgan fingerprint density at radius 1 is 1.28 bits per heavy atom. The number of rotatable bonds is 7. The summed E-state index contributed by atoms with van der Waals surface area (Å²) in [6.45, 7) is 5.18. The largest absolute Gasteiger partial charge is 0.461 e. The second-order valence-corrected chi connectivity index (χ2v) is 11.6. The van der Waals surface area contributed by atoms with Gasteiger partial charge in [-0.2, -0.15) is 11.8 Å². The molecular formula is C23H39NO4S. The summed E-state index contributed by atoms with van der Waals surface area (Å²) in [6.07, 6.45) is 6.24. The van der Waals surface area contributed by atoms with Crippen LogP contribution in [-0.4, -0.2) is 66.1 Å². The molecule has 0 heterocycles. The van der Waals surface area contributed by atoms with Gasteiger partial charge in [0.2, 0.25) is 0 Å². The third-order valence-corrected chi connectivity index (χ3v) is 8.64. The topological polar surface area (TPSA) is 66.8 Å². The number of carbonyl (C=O) groups excluding carboxylic acids is 2. The minimum absolute atomic E-state index is 0.0347. The number of thioether (sulfide) groups is 1. The fourth-order valence-electron chi connectivity index (χ4n) is 6.02. The first-order chi connectivity index (χ1) is 13.6. The highest BCUT2D eigenvalue weighted by atomic mass is 32.2.